The summed E-state index contributed by atoms with van der Waals surface area (Å²) in [6.45, 7) is 0. The topological polar surface area (TPSA) is 88.1 Å². The molecule has 0 unspecified atom stereocenters. The molecule has 0 bridgehead atoms. The molecule has 31 heavy (non-hydrogen) atoms. The van der Waals surface area contributed by atoms with Gasteiger partial charge >= 0.3 is 0 Å². The molecule has 5 aromatic heterocycles. The van der Waals surface area contributed by atoms with Crippen molar-refractivity contribution in [2.24, 2.45) is 7.05 Å². The summed E-state index contributed by atoms with van der Waals surface area (Å²) in [5.74, 6) is -0.272. The summed E-state index contributed by atoms with van der Waals surface area (Å²) < 4.78 is 15.1. The summed E-state index contributed by atoms with van der Waals surface area (Å²) in [7, 11) is 1.88. The molecule has 0 atom stereocenters. The Morgan fingerprint density at radius 1 is 0.903 bits per heavy atom. The number of hydrogen-bond acceptors (Lipinski definition) is 4. The fourth-order valence-electron chi connectivity index (χ4n) is 3.86. The highest BCUT2D eigenvalue weighted by Gasteiger charge is 2.15. The van der Waals surface area contributed by atoms with Crippen LogP contribution in [0, 0.1) is 5.82 Å². The number of aryl methyl sites for hydroxylation is 1. The molecule has 150 valence electrons. The number of fused-ring (bicyclic) bond motifs is 2. The van der Waals surface area contributed by atoms with Crippen molar-refractivity contribution >= 4 is 21.9 Å². The summed E-state index contributed by atoms with van der Waals surface area (Å²) in [6.07, 6.45) is 7.30. The highest BCUT2D eigenvalue weighted by molar-refractivity contribution is 5.99. The van der Waals surface area contributed by atoms with Crippen LogP contribution in [0.1, 0.15) is 0 Å². The molecule has 0 aliphatic heterocycles. The third-order valence-electron chi connectivity index (χ3n) is 5.38. The number of aromatic nitrogens is 7. The van der Waals surface area contributed by atoms with E-state index in [-0.39, 0.29) is 5.82 Å². The molecule has 5 heterocycles. The van der Waals surface area contributed by atoms with Gasteiger partial charge in [-0.2, -0.15) is 10.2 Å². The fourth-order valence-corrected chi connectivity index (χ4v) is 3.86. The van der Waals surface area contributed by atoms with E-state index < -0.39 is 0 Å². The second kappa shape index (κ2) is 6.60. The number of nitrogens with one attached hydrogen (secondary N) is 2. The molecule has 0 fully saturated rings. The Morgan fingerprint density at radius 2 is 1.77 bits per heavy atom. The average Bonchev–Trinajstić information content (AvgIpc) is 3.51. The third-order valence-corrected chi connectivity index (χ3v) is 5.38. The normalized spacial score (nSPS) is 11.5. The standard InChI is InChI=1S/C23H16FN7/c1-31-12-15(11-27-31)14-8-18-22(29-30-23(18)26-10-14)20-9-17-19(28-20)6-7-25-21(17)13-2-4-16(24)5-3-13/h2-12,28H,1H3,(H,26,29,30). The van der Waals surface area contributed by atoms with Crippen molar-refractivity contribution in [3.05, 3.63) is 73.1 Å². The molecule has 8 heteroatoms. The smallest absolute Gasteiger partial charge is 0.181 e. The van der Waals surface area contributed by atoms with Gasteiger partial charge in [0.25, 0.3) is 0 Å². The van der Waals surface area contributed by atoms with Crippen molar-refractivity contribution < 1.29 is 4.39 Å². The Balaban J connectivity index is 1.50. The minimum atomic E-state index is -0.272. The van der Waals surface area contributed by atoms with E-state index >= 15 is 0 Å². The van der Waals surface area contributed by atoms with Gasteiger partial charge < -0.3 is 4.98 Å². The number of halogens is 1. The van der Waals surface area contributed by atoms with Gasteiger partial charge in [-0.1, -0.05) is 0 Å². The number of hydrogen-bond donors (Lipinski definition) is 2. The Hall–Kier alpha value is -4.33. The maximum Gasteiger partial charge on any atom is 0.181 e. The maximum atomic E-state index is 13.4. The monoisotopic (exact) mass is 409 g/mol. The van der Waals surface area contributed by atoms with E-state index in [2.05, 4.69) is 36.3 Å². The molecular formula is C23H16FN7. The SMILES string of the molecule is Cn1cc(-c2cnc3n[nH]c(-c4cc5c(-c6ccc(F)cc6)nccc5[nH]4)c3c2)cn1. The van der Waals surface area contributed by atoms with Crippen LogP contribution in [0.4, 0.5) is 4.39 Å². The van der Waals surface area contributed by atoms with Crippen molar-refractivity contribution in [1.82, 2.24) is 34.9 Å². The van der Waals surface area contributed by atoms with Gasteiger partial charge in [0.05, 0.1) is 23.3 Å². The molecule has 0 saturated heterocycles. The number of H-pyrrole nitrogens is 2. The first-order valence-corrected chi connectivity index (χ1v) is 9.73. The van der Waals surface area contributed by atoms with Crippen molar-refractivity contribution in [1.29, 1.82) is 0 Å². The molecule has 6 aromatic rings. The summed E-state index contributed by atoms with van der Waals surface area (Å²) in [5.41, 5.74) is 6.89. The largest absolute Gasteiger partial charge is 0.353 e. The van der Waals surface area contributed by atoms with Gasteiger partial charge in [-0.15, -0.1) is 0 Å². The summed E-state index contributed by atoms with van der Waals surface area (Å²) in [4.78, 5) is 12.5. The molecule has 7 nitrogen and oxygen atoms in total. The molecule has 0 aliphatic rings. The lowest BCUT2D eigenvalue weighted by molar-refractivity contribution is 0.628. The second-order valence-corrected chi connectivity index (χ2v) is 7.41. The van der Waals surface area contributed by atoms with Crippen LogP contribution in [0.15, 0.2) is 67.3 Å². The number of benzene rings is 1. The predicted molar refractivity (Wildman–Crippen MR) is 117 cm³/mol. The van der Waals surface area contributed by atoms with E-state index in [0.717, 1.165) is 50.1 Å². The van der Waals surface area contributed by atoms with Gasteiger partial charge in [0.15, 0.2) is 5.65 Å². The van der Waals surface area contributed by atoms with Gasteiger partial charge in [0, 0.05) is 58.6 Å². The molecule has 1 aromatic carbocycles. The number of pyridine rings is 2. The molecule has 0 saturated carbocycles. The minimum absolute atomic E-state index is 0.272. The van der Waals surface area contributed by atoms with Gasteiger partial charge in [-0.25, -0.2) is 9.37 Å². The molecular weight excluding hydrogens is 393 g/mol. The van der Waals surface area contributed by atoms with E-state index in [4.69, 9.17) is 0 Å². The number of aromatic amines is 2. The van der Waals surface area contributed by atoms with E-state index in [9.17, 15) is 4.39 Å². The second-order valence-electron chi connectivity index (χ2n) is 7.41. The highest BCUT2D eigenvalue weighted by atomic mass is 19.1. The lowest BCUT2D eigenvalue weighted by atomic mass is 10.1. The first-order chi connectivity index (χ1) is 15.2. The maximum absolute atomic E-state index is 13.4. The Labute approximate surface area is 175 Å². The van der Waals surface area contributed by atoms with Crippen LogP contribution in [0.3, 0.4) is 0 Å². The van der Waals surface area contributed by atoms with E-state index in [0.29, 0.717) is 5.65 Å². The lowest BCUT2D eigenvalue weighted by Gasteiger charge is -2.02. The van der Waals surface area contributed by atoms with Crippen LogP contribution < -0.4 is 0 Å². The van der Waals surface area contributed by atoms with Gasteiger partial charge in [0.1, 0.15) is 5.82 Å². The van der Waals surface area contributed by atoms with E-state index in [1.807, 2.05) is 31.6 Å². The van der Waals surface area contributed by atoms with Crippen LogP contribution in [0.25, 0.3) is 55.7 Å². The molecule has 6 rings (SSSR count). The zero-order valence-electron chi connectivity index (χ0n) is 16.5. The molecule has 2 N–H and O–H groups in total. The zero-order valence-corrected chi connectivity index (χ0v) is 16.5. The molecule has 0 aliphatic carbocycles. The predicted octanol–water partition coefficient (Wildman–Crippen LogP) is 4.71. The van der Waals surface area contributed by atoms with Crippen molar-refractivity contribution in [2.75, 3.05) is 0 Å². The van der Waals surface area contributed by atoms with Crippen LogP contribution in [-0.2, 0) is 7.05 Å². The molecule has 0 radical (unpaired) electrons. The van der Waals surface area contributed by atoms with Crippen molar-refractivity contribution in [2.45, 2.75) is 0 Å². The van der Waals surface area contributed by atoms with Crippen LogP contribution in [-0.4, -0.2) is 34.9 Å². The van der Waals surface area contributed by atoms with Gasteiger partial charge in [-0.3, -0.25) is 14.8 Å². The van der Waals surface area contributed by atoms with Crippen LogP contribution in [0.2, 0.25) is 0 Å². The molecule has 0 spiro atoms. The lowest BCUT2D eigenvalue weighted by Crippen LogP contribution is -1.84. The summed E-state index contributed by atoms with van der Waals surface area (Å²) >= 11 is 0. The highest BCUT2D eigenvalue weighted by Crippen LogP contribution is 2.33. The Kier molecular flexibility index (Phi) is 3.73. The van der Waals surface area contributed by atoms with Gasteiger partial charge in [0.2, 0.25) is 0 Å². The van der Waals surface area contributed by atoms with Crippen molar-refractivity contribution in [3.8, 4) is 33.8 Å². The first kappa shape index (κ1) is 17.5. The number of nitrogens with zero attached hydrogens (tertiary/aromatic N) is 5. The number of rotatable bonds is 3. The summed E-state index contributed by atoms with van der Waals surface area (Å²) in [5, 5.41) is 13.6. The summed E-state index contributed by atoms with van der Waals surface area (Å²) in [6, 6.07) is 12.4. The fraction of sp³-hybridized carbons (Fsp3) is 0.0435. The van der Waals surface area contributed by atoms with Crippen molar-refractivity contribution in [3.63, 3.8) is 0 Å². The van der Waals surface area contributed by atoms with E-state index in [1.165, 1.54) is 12.1 Å². The minimum Gasteiger partial charge on any atom is -0.353 e. The van der Waals surface area contributed by atoms with Crippen LogP contribution in [0.5, 0.6) is 0 Å². The average molecular weight is 409 g/mol. The Morgan fingerprint density at radius 3 is 2.58 bits per heavy atom. The first-order valence-electron chi connectivity index (χ1n) is 9.73. The molecule has 0 amide bonds. The van der Waals surface area contributed by atoms with Crippen LogP contribution >= 0.6 is 0 Å². The Bertz CT molecular complexity index is 1560. The zero-order chi connectivity index (χ0) is 20.9. The van der Waals surface area contributed by atoms with Gasteiger partial charge in [-0.05, 0) is 42.5 Å². The quantitative estimate of drug-likeness (QED) is 0.443. The third kappa shape index (κ3) is 2.88. The van der Waals surface area contributed by atoms with E-state index in [1.54, 1.807) is 29.2 Å².